The van der Waals surface area contributed by atoms with Crippen LogP contribution in [0.2, 0.25) is 0 Å². The number of thioether (sulfide) groups is 1. The third-order valence-corrected chi connectivity index (χ3v) is 5.61. The largest absolute Gasteiger partial charge is 0.329 e. The van der Waals surface area contributed by atoms with Crippen molar-refractivity contribution in [3.63, 3.8) is 0 Å². The summed E-state index contributed by atoms with van der Waals surface area (Å²) in [5, 5.41) is 0. The lowest BCUT2D eigenvalue weighted by atomic mass is 9.82. The Morgan fingerprint density at radius 1 is 0.882 bits per heavy atom. The highest BCUT2D eigenvalue weighted by molar-refractivity contribution is 7.99. The van der Waals surface area contributed by atoms with Crippen molar-refractivity contribution < 1.29 is 0 Å². The Morgan fingerprint density at radius 3 is 2.29 bits per heavy atom. The first-order valence-corrected chi connectivity index (χ1v) is 8.56. The number of nitrogens with two attached hydrogens (primary N) is 1. The molecule has 1 aliphatic heterocycles. The summed E-state index contributed by atoms with van der Waals surface area (Å²) in [7, 11) is 0. The van der Waals surface area contributed by atoms with E-state index < -0.39 is 0 Å². The normalized spacial score (nSPS) is 28.1. The van der Waals surface area contributed by atoms with E-state index in [4.69, 9.17) is 5.73 Å². The maximum atomic E-state index is 6.19. The summed E-state index contributed by atoms with van der Waals surface area (Å²) >= 11 is 2.12. The van der Waals surface area contributed by atoms with E-state index in [-0.39, 0.29) is 0 Å². The summed E-state index contributed by atoms with van der Waals surface area (Å²) in [5.74, 6) is 2.65. The quantitative estimate of drug-likeness (QED) is 0.824. The molecule has 1 saturated heterocycles. The summed E-state index contributed by atoms with van der Waals surface area (Å²) in [6.07, 6.45) is 11.1. The van der Waals surface area contributed by atoms with Crippen LogP contribution in [0, 0.1) is 0 Å². The molecule has 1 heterocycles. The minimum Gasteiger partial charge on any atom is -0.329 e. The molecular formula is C14H28N2S. The second-order valence-corrected chi connectivity index (χ2v) is 6.87. The van der Waals surface area contributed by atoms with Crippen molar-refractivity contribution in [3.05, 3.63) is 0 Å². The number of nitrogens with zero attached hydrogens (tertiary/aromatic N) is 1. The summed E-state index contributed by atoms with van der Waals surface area (Å²) in [5.41, 5.74) is 6.54. The molecule has 0 aromatic rings. The van der Waals surface area contributed by atoms with E-state index in [9.17, 15) is 0 Å². The van der Waals surface area contributed by atoms with Crippen LogP contribution in [-0.2, 0) is 0 Å². The van der Waals surface area contributed by atoms with Crippen LogP contribution in [0.5, 0.6) is 0 Å². The molecule has 0 bridgehead atoms. The highest BCUT2D eigenvalue weighted by Crippen LogP contribution is 2.32. The van der Waals surface area contributed by atoms with Gasteiger partial charge in [0, 0.05) is 24.4 Å². The average molecular weight is 256 g/mol. The summed E-state index contributed by atoms with van der Waals surface area (Å²) in [6.45, 7) is 3.42. The van der Waals surface area contributed by atoms with Crippen LogP contribution in [-0.4, -0.2) is 41.6 Å². The molecule has 17 heavy (non-hydrogen) atoms. The molecule has 2 fully saturated rings. The summed E-state index contributed by atoms with van der Waals surface area (Å²) < 4.78 is 0. The van der Waals surface area contributed by atoms with E-state index in [0.717, 1.165) is 6.54 Å². The molecule has 0 spiro atoms. The first kappa shape index (κ1) is 13.7. The molecule has 0 unspecified atom stereocenters. The van der Waals surface area contributed by atoms with Crippen LogP contribution in [0.15, 0.2) is 0 Å². The Kier molecular flexibility index (Phi) is 5.64. The molecule has 0 aromatic heterocycles. The lowest BCUT2D eigenvalue weighted by Crippen LogP contribution is -2.55. The van der Waals surface area contributed by atoms with Crippen molar-refractivity contribution in [2.24, 2.45) is 5.73 Å². The Labute approximate surface area is 111 Å². The summed E-state index contributed by atoms with van der Waals surface area (Å²) in [4.78, 5) is 2.75. The minimum absolute atomic E-state index is 0.352. The molecule has 3 heteroatoms. The van der Waals surface area contributed by atoms with Crippen molar-refractivity contribution in [1.29, 1.82) is 0 Å². The van der Waals surface area contributed by atoms with E-state index in [1.807, 2.05) is 0 Å². The van der Waals surface area contributed by atoms with Crippen LogP contribution in [0.25, 0.3) is 0 Å². The van der Waals surface area contributed by atoms with Crippen molar-refractivity contribution >= 4 is 11.8 Å². The third-order valence-electron chi connectivity index (χ3n) is 4.56. The molecule has 0 aromatic carbocycles. The Bertz CT molecular complexity index is 204. The van der Waals surface area contributed by atoms with Gasteiger partial charge in [0.15, 0.2) is 0 Å². The molecule has 0 radical (unpaired) electrons. The summed E-state index contributed by atoms with van der Waals surface area (Å²) in [6, 6.07) is 0. The molecule has 0 amide bonds. The zero-order chi connectivity index (χ0) is 12.0. The SMILES string of the molecule is NCC1(N2CCCSCC2)CCCCCCC1. The van der Waals surface area contributed by atoms with Crippen molar-refractivity contribution in [2.45, 2.75) is 56.9 Å². The lowest BCUT2D eigenvalue weighted by Gasteiger charge is -2.44. The molecule has 1 aliphatic carbocycles. The first-order valence-electron chi connectivity index (χ1n) is 7.40. The van der Waals surface area contributed by atoms with Gasteiger partial charge in [-0.15, -0.1) is 0 Å². The molecule has 2 aliphatic rings. The van der Waals surface area contributed by atoms with Crippen molar-refractivity contribution in [1.82, 2.24) is 4.90 Å². The van der Waals surface area contributed by atoms with Crippen molar-refractivity contribution in [2.75, 3.05) is 31.1 Å². The first-order chi connectivity index (χ1) is 8.37. The van der Waals surface area contributed by atoms with Gasteiger partial charge >= 0.3 is 0 Å². The second-order valence-electron chi connectivity index (χ2n) is 5.65. The van der Waals surface area contributed by atoms with Crippen LogP contribution < -0.4 is 5.73 Å². The zero-order valence-corrected chi connectivity index (χ0v) is 11.9. The van der Waals surface area contributed by atoms with Gasteiger partial charge < -0.3 is 5.73 Å². The smallest absolute Gasteiger partial charge is 0.0332 e. The van der Waals surface area contributed by atoms with Crippen LogP contribution in [0.1, 0.15) is 51.4 Å². The minimum atomic E-state index is 0.352. The monoisotopic (exact) mass is 256 g/mol. The predicted octanol–water partition coefficient (Wildman–Crippen LogP) is 2.87. The van der Waals surface area contributed by atoms with E-state index in [1.165, 1.54) is 76.0 Å². The molecular weight excluding hydrogens is 228 g/mol. The van der Waals surface area contributed by atoms with Gasteiger partial charge in [0.25, 0.3) is 0 Å². The third kappa shape index (κ3) is 3.62. The number of hydrogen-bond acceptors (Lipinski definition) is 3. The van der Waals surface area contributed by atoms with E-state index in [2.05, 4.69) is 16.7 Å². The van der Waals surface area contributed by atoms with Crippen LogP contribution in [0.4, 0.5) is 0 Å². The molecule has 0 atom stereocenters. The van der Waals surface area contributed by atoms with Gasteiger partial charge in [0.2, 0.25) is 0 Å². The number of hydrogen-bond donors (Lipinski definition) is 1. The van der Waals surface area contributed by atoms with Crippen molar-refractivity contribution in [3.8, 4) is 0 Å². The predicted molar refractivity (Wildman–Crippen MR) is 77.6 cm³/mol. The van der Waals surface area contributed by atoms with Gasteiger partial charge in [-0.1, -0.05) is 32.1 Å². The van der Waals surface area contributed by atoms with Crippen LogP contribution in [0.3, 0.4) is 0 Å². The van der Waals surface area contributed by atoms with E-state index >= 15 is 0 Å². The molecule has 1 saturated carbocycles. The molecule has 2 rings (SSSR count). The maximum Gasteiger partial charge on any atom is 0.0332 e. The Balaban J connectivity index is 2.03. The fraction of sp³-hybridized carbons (Fsp3) is 1.00. The number of rotatable bonds is 2. The molecule has 100 valence electrons. The van der Waals surface area contributed by atoms with Gasteiger partial charge in [-0.25, -0.2) is 0 Å². The Morgan fingerprint density at radius 2 is 1.59 bits per heavy atom. The van der Waals surface area contributed by atoms with Gasteiger partial charge in [-0.2, -0.15) is 11.8 Å². The maximum absolute atomic E-state index is 6.19. The lowest BCUT2D eigenvalue weighted by molar-refractivity contribution is 0.0745. The highest BCUT2D eigenvalue weighted by atomic mass is 32.2. The van der Waals surface area contributed by atoms with Gasteiger partial charge in [0.05, 0.1) is 0 Å². The molecule has 2 N–H and O–H groups in total. The standard InChI is InChI=1S/C14H28N2S/c15-13-14(7-4-2-1-3-5-8-14)16-9-6-11-17-12-10-16/h1-13,15H2. The fourth-order valence-corrected chi connectivity index (χ4v) is 4.32. The Hall–Kier alpha value is 0.270. The second kappa shape index (κ2) is 7.01. The van der Waals surface area contributed by atoms with Gasteiger partial charge in [-0.3, -0.25) is 4.90 Å². The molecule has 2 nitrogen and oxygen atoms in total. The topological polar surface area (TPSA) is 29.3 Å². The van der Waals surface area contributed by atoms with E-state index in [1.54, 1.807) is 0 Å². The van der Waals surface area contributed by atoms with E-state index in [0.29, 0.717) is 5.54 Å². The van der Waals surface area contributed by atoms with Gasteiger partial charge in [-0.05, 0) is 31.6 Å². The fourth-order valence-electron chi connectivity index (χ4n) is 3.43. The zero-order valence-electron chi connectivity index (χ0n) is 11.1. The van der Waals surface area contributed by atoms with Crippen LogP contribution >= 0.6 is 11.8 Å². The highest BCUT2D eigenvalue weighted by Gasteiger charge is 2.35. The average Bonchev–Trinajstić information content (AvgIpc) is 2.59. The van der Waals surface area contributed by atoms with Gasteiger partial charge in [0.1, 0.15) is 0 Å².